The van der Waals surface area contributed by atoms with Gasteiger partial charge in [0.05, 0.1) is 11.1 Å². The molecule has 0 aliphatic rings. The van der Waals surface area contributed by atoms with Crippen LogP contribution in [0, 0.1) is 6.92 Å². The second-order valence-electron chi connectivity index (χ2n) is 6.88. The maximum absolute atomic E-state index is 13.1. The highest BCUT2D eigenvalue weighted by atomic mass is 35.5. The number of rotatable bonds is 3. The van der Waals surface area contributed by atoms with Crippen LogP contribution in [0.2, 0.25) is 5.02 Å². The highest BCUT2D eigenvalue weighted by Crippen LogP contribution is 2.26. The van der Waals surface area contributed by atoms with Gasteiger partial charge in [0.25, 0.3) is 11.4 Å². The van der Waals surface area contributed by atoms with Crippen LogP contribution in [-0.2, 0) is 0 Å². The number of aryl methyl sites for hydroxylation is 1. The maximum Gasteiger partial charge on any atom is 0.279 e. The van der Waals surface area contributed by atoms with Crippen molar-refractivity contribution in [2.45, 2.75) is 6.92 Å². The van der Waals surface area contributed by atoms with Crippen LogP contribution in [0.5, 0.6) is 0 Å². The predicted octanol–water partition coefficient (Wildman–Crippen LogP) is 5.06. The van der Waals surface area contributed by atoms with E-state index in [4.69, 9.17) is 16.1 Å². The van der Waals surface area contributed by atoms with Gasteiger partial charge in [0.1, 0.15) is 0 Å². The van der Waals surface area contributed by atoms with E-state index in [0.29, 0.717) is 33.0 Å². The van der Waals surface area contributed by atoms with E-state index in [2.05, 4.69) is 15.2 Å². The molecule has 5 rings (SSSR count). The maximum atomic E-state index is 13.1. The van der Waals surface area contributed by atoms with Crippen LogP contribution in [0.3, 0.4) is 0 Å². The molecule has 30 heavy (non-hydrogen) atoms. The molecule has 0 atom stereocenters. The third-order valence-electron chi connectivity index (χ3n) is 4.81. The van der Waals surface area contributed by atoms with Crippen molar-refractivity contribution in [2.75, 3.05) is 0 Å². The van der Waals surface area contributed by atoms with Gasteiger partial charge in [-0.05, 0) is 37.3 Å². The van der Waals surface area contributed by atoms with Gasteiger partial charge >= 0.3 is 0 Å². The number of hydrogen-bond acceptors (Lipinski definition) is 5. The lowest BCUT2D eigenvalue weighted by Gasteiger charge is -2.09. The lowest BCUT2D eigenvalue weighted by Crippen LogP contribution is -2.22. The zero-order valence-electron chi connectivity index (χ0n) is 15.9. The van der Waals surface area contributed by atoms with Gasteiger partial charge in [-0.2, -0.15) is 14.8 Å². The first-order valence-corrected chi connectivity index (χ1v) is 9.67. The van der Waals surface area contributed by atoms with Crippen LogP contribution in [0.25, 0.3) is 39.4 Å². The van der Waals surface area contributed by atoms with Crippen molar-refractivity contribution in [3.05, 3.63) is 93.7 Å². The van der Waals surface area contributed by atoms with Gasteiger partial charge in [-0.15, -0.1) is 0 Å². The molecule has 0 unspecified atom stereocenters. The van der Waals surface area contributed by atoms with E-state index in [9.17, 15) is 4.79 Å². The average Bonchev–Trinajstić information content (AvgIpc) is 3.25. The van der Waals surface area contributed by atoms with Gasteiger partial charge in [0.2, 0.25) is 5.82 Å². The molecule has 0 saturated carbocycles. The van der Waals surface area contributed by atoms with Crippen LogP contribution in [0.1, 0.15) is 5.56 Å². The van der Waals surface area contributed by atoms with Gasteiger partial charge in [-0.25, -0.2) is 0 Å². The number of nitrogens with zero attached hydrogens (tertiary/aromatic N) is 4. The van der Waals surface area contributed by atoms with Crippen molar-refractivity contribution in [1.82, 2.24) is 19.9 Å². The van der Waals surface area contributed by atoms with Crippen molar-refractivity contribution >= 4 is 22.4 Å². The van der Waals surface area contributed by atoms with Gasteiger partial charge in [0, 0.05) is 16.0 Å². The topological polar surface area (TPSA) is 73.8 Å². The third kappa shape index (κ3) is 3.17. The van der Waals surface area contributed by atoms with Crippen LogP contribution < -0.4 is 5.56 Å². The average molecular weight is 415 g/mol. The molecular weight excluding hydrogens is 400 g/mol. The Hall–Kier alpha value is -3.77. The van der Waals surface area contributed by atoms with E-state index in [1.54, 1.807) is 30.3 Å². The largest absolute Gasteiger partial charge is 0.332 e. The number of benzene rings is 3. The van der Waals surface area contributed by atoms with Gasteiger partial charge in [0.15, 0.2) is 5.69 Å². The predicted molar refractivity (Wildman–Crippen MR) is 116 cm³/mol. The van der Waals surface area contributed by atoms with Crippen molar-refractivity contribution in [3.8, 4) is 28.7 Å². The minimum absolute atomic E-state index is 0.240. The molecule has 0 fully saturated rings. The van der Waals surface area contributed by atoms with E-state index in [-0.39, 0.29) is 11.4 Å². The fraction of sp³-hybridized carbons (Fsp3) is 0.0435. The molecule has 2 aromatic heterocycles. The number of halogens is 1. The number of fused-ring (bicyclic) bond motifs is 1. The molecule has 0 aliphatic heterocycles. The third-order valence-corrected chi connectivity index (χ3v) is 5.07. The summed E-state index contributed by atoms with van der Waals surface area (Å²) < 4.78 is 6.86. The van der Waals surface area contributed by atoms with E-state index >= 15 is 0 Å². The van der Waals surface area contributed by atoms with E-state index < -0.39 is 0 Å². The fourth-order valence-corrected chi connectivity index (χ4v) is 3.37. The molecule has 2 heterocycles. The number of aromatic nitrogens is 4. The molecule has 0 aliphatic carbocycles. The summed E-state index contributed by atoms with van der Waals surface area (Å²) in [6.07, 6.45) is 0. The molecule has 3 aromatic carbocycles. The second-order valence-corrected chi connectivity index (χ2v) is 7.31. The molecule has 5 aromatic rings. The molecule has 0 spiro atoms. The summed E-state index contributed by atoms with van der Waals surface area (Å²) in [6, 6.07) is 22.0. The van der Waals surface area contributed by atoms with E-state index in [1.807, 2.05) is 49.4 Å². The lowest BCUT2D eigenvalue weighted by atomic mass is 10.1. The van der Waals surface area contributed by atoms with Crippen LogP contribution in [-0.4, -0.2) is 19.9 Å². The number of hydrogen-bond donors (Lipinski definition) is 0. The van der Waals surface area contributed by atoms with Crippen LogP contribution in [0.4, 0.5) is 0 Å². The summed E-state index contributed by atoms with van der Waals surface area (Å²) >= 11 is 5.99. The minimum Gasteiger partial charge on any atom is -0.332 e. The summed E-state index contributed by atoms with van der Waals surface area (Å²) in [5.74, 6) is 0.699. The smallest absolute Gasteiger partial charge is 0.279 e. The lowest BCUT2D eigenvalue weighted by molar-refractivity contribution is 0.430. The Morgan fingerprint density at radius 2 is 1.60 bits per heavy atom. The van der Waals surface area contributed by atoms with Crippen molar-refractivity contribution < 1.29 is 4.52 Å². The first kappa shape index (κ1) is 18.3. The first-order chi connectivity index (χ1) is 14.6. The summed E-state index contributed by atoms with van der Waals surface area (Å²) in [5.41, 5.74) is 2.77. The minimum atomic E-state index is -0.241. The van der Waals surface area contributed by atoms with Gasteiger partial charge < -0.3 is 4.52 Å². The molecule has 146 valence electrons. The highest BCUT2D eigenvalue weighted by molar-refractivity contribution is 6.30. The molecule has 6 nitrogen and oxygen atoms in total. The van der Waals surface area contributed by atoms with Crippen molar-refractivity contribution in [1.29, 1.82) is 0 Å². The Bertz CT molecular complexity index is 1420. The molecule has 7 heteroatoms. The summed E-state index contributed by atoms with van der Waals surface area (Å²) in [5, 5.41) is 10.4. The first-order valence-electron chi connectivity index (χ1n) is 9.29. The Morgan fingerprint density at radius 1 is 0.900 bits per heavy atom. The second kappa shape index (κ2) is 7.24. The van der Waals surface area contributed by atoms with E-state index in [0.717, 1.165) is 11.1 Å². The highest BCUT2D eigenvalue weighted by Gasteiger charge is 2.19. The van der Waals surface area contributed by atoms with Crippen molar-refractivity contribution in [2.24, 2.45) is 0 Å². The monoisotopic (exact) mass is 414 g/mol. The Morgan fingerprint density at radius 3 is 2.33 bits per heavy atom. The van der Waals surface area contributed by atoms with Crippen molar-refractivity contribution in [3.63, 3.8) is 0 Å². The van der Waals surface area contributed by atoms with Gasteiger partial charge in [-0.3, -0.25) is 4.79 Å². The summed E-state index contributed by atoms with van der Waals surface area (Å²) in [4.78, 5) is 17.6. The molecular formula is C23H15ClN4O2. The zero-order chi connectivity index (χ0) is 20.7. The normalized spacial score (nSPS) is 11.1. The fourth-order valence-electron chi connectivity index (χ4n) is 3.24. The Kier molecular flexibility index (Phi) is 4.41. The summed E-state index contributed by atoms with van der Waals surface area (Å²) in [7, 11) is 0. The van der Waals surface area contributed by atoms with E-state index in [1.165, 1.54) is 4.68 Å². The quantitative estimate of drug-likeness (QED) is 0.412. The van der Waals surface area contributed by atoms with Crippen LogP contribution in [0.15, 0.2) is 82.1 Å². The van der Waals surface area contributed by atoms with Crippen LogP contribution >= 0.6 is 11.6 Å². The summed E-state index contributed by atoms with van der Waals surface area (Å²) in [6.45, 7) is 2.02. The molecule has 0 saturated heterocycles. The Balaban J connectivity index is 1.71. The zero-order valence-corrected chi connectivity index (χ0v) is 16.7. The SMILES string of the molecule is Cc1ccc(-c2noc(-c3nn(-c4ccc(Cl)cc4)c(=O)c4ccccc34)n2)cc1. The molecule has 0 bridgehead atoms. The van der Waals surface area contributed by atoms with Gasteiger partial charge in [-0.1, -0.05) is 64.8 Å². The Labute approximate surface area is 176 Å². The standard InChI is InChI=1S/C23H15ClN4O2/c1-14-6-8-15(9-7-14)21-25-22(30-27-21)20-18-4-2-3-5-19(18)23(29)28(26-20)17-12-10-16(24)11-13-17/h2-13H,1H3. The molecule has 0 radical (unpaired) electrons. The molecule has 0 amide bonds. The molecule has 0 N–H and O–H groups in total.